The SMILES string of the molecule is O=C/C(F)=C\N1CCOCC1. The Morgan fingerprint density at radius 3 is 2.64 bits per heavy atom. The minimum atomic E-state index is -0.730. The molecule has 11 heavy (non-hydrogen) atoms. The van der Waals surface area contributed by atoms with Crippen LogP contribution in [0.4, 0.5) is 4.39 Å². The van der Waals surface area contributed by atoms with Gasteiger partial charge in [0.1, 0.15) is 0 Å². The largest absolute Gasteiger partial charge is 0.378 e. The van der Waals surface area contributed by atoms with Crippen LogP contribution in [-0.4, -0.2) is 37.5 Å². The zero-order chi connectivity index (χ0) is 8.10. The number of hydrogen-bond acceptors (Lipinski definition) is 3. The van der Waals surface area contributed by atoms with Gasteiger partial charge >= 0.3 is 0 Å². The number of allylic oxidation sites excluding steroid dienone is 1. The molecule has 4 heteroatoms. The fourth-order valence-electron chi connectivity index (χ4n) is 0.911. The molecule has 3 nitrogen and oxygen atoms in total. The molecule has 1 saturated heterocycles. The van der Waals surface area contributed by atoms with E-state index in [0.29, 0.717) is 26.3 Å². The van der Waals surface area contributed by atoms with Crippen molar-refractivity contribution >= 4 is 6.29 Å². The zero-order valence-corrected chi connectivity index (χ0v) is 6.12. The molecule has 0 N–H and O–H groups in total. The van der Waals surface area contributed by atoms with Crippen molar-refractivity contribution in [2.75, 3.05) is 26.3 Å². The number of carbonyl (C=O) groups excluding carboxylic acids is 1. The van der Waals surface area contributed by atoms with Gasteiger partial charge in [-0.2, -0.15) is 0 Å². The number of rotatable bonds is 2. The van der Waals surface area contributed by atoms with Crippen LogP contribution < -0.4 is 0 Å². The third kappa shape index (κ3) is 2.67. The smallest absolute Gasteiger partial charge is 0.179 e. The normalized spacial score (nSPS) is 20.1. The van der Waals surface area contributed by atoms with E-state index in [9.17, 15) is 9.18 Å². The summed E-state index contributed by atoms with van der Waals surface area (Å²) in [7, 11) is 0. The van der Waals surface area contributed by atoms with E-state index in [1.54, 1.807) is 4.90 Å². The van der Waals surface area contributed by atoms with Crippen LogP contribution in [0.2, 0.25) is 0 Å². The minimum absolute atomic E-state index is 0.204. The standard InChI is InChI=1S/C7H10FNO2/c8-7(6-10)5-9-1-3-11-4-2-9/h5-6H,1-4H2/b7-5+. The van der Waals surface area contributed by atoms with Gasteiger partial charge in [0, 0.05) is 19.3 Å². The van der Waals surface area contributed by atoms with Crippen LogP contribution in [0.25, 0.3) is 0 Å². The highest BCUT2D eigenvalue weighted by molar-refractivity contribution is 5.69. The van der Waals surface area contributed by atoms with E-state index in [0.717, 1.165) is 0 Å². The highest BCUT2D eigenvalue weighted by atomic mass is 19.1. The van der Waals surface area contributed by atoms with Crippen LogP contribution in [0.15, 0.2) is 12.0 Å². The number of nitrogens with zero attached hydrogens (tertiary/aromatic N) is 1. The first kappa shape index (κ1) is 8.20. The number of halogens is 1. The average molecular weight is 159 g/mol. The molecule has 0 saturated carbocycles. The average Bonchev–Trinajstić information content (AvgIpc) is 2.06. The number of aldehydes is 1. The molecule has 1 fully saturated rings. The first-order chi connectivity index (χ1) is 5.33. The van der Waals surface area contributed by atoms with Crippen molar-refractivity contribution in [3.05, 3.63) is 12.0 Å². The van der Waals surface area contributed by atoms with Gasteiger partial charge in [-0.3, -0.25) is 4.79 Å². The molecule has 0 aliphatic carbocycles. The molecular weight excluding hydrogens is 149 g/mol. The van der Waals surface area contributed by atoms with Crippen molar-refractivity contribution < 1.29 is 13.9 Å². The van der Waals surface area contributed by atoms with E-state index in [1.807, 2.05) is 0 Å². The maximum Gasteiger partial charge on any atom is 0.179 e. The molecule has 1 aliphatic heterocycles. The first-order valence-electron chi connectivity index (χ1n) is 3.47. The summed E-state index contributed by atoms with van der Waals surface area (Å²) in [6.07, 6.45) is 1.42. The van der Waals surface area contributed by atoms with Crippen LogP contribution in [0.3, 0.4) is 0 Å². The van der Waals surface area contributed by atoms with Crippen molar-refractivity contribution in [1.82, 2.24) is 4.90 Å². The van der Waals surface area contributed by atoms with E-state index >= 15 is 0 Å². The lowest BCUT2D eigenvalue weighted by atomic mass is 10.4. The van der Waals surface area contributed by atoms with Gasteiger partial charge in [0.15, 0.2) is 12.1 Å². The van der Waals surface area contributed by atoms with E-state index in [-0.39, 0.29) is 6.29 Å². The molecule has 0 spiro atoms. The second kappa shape index (κ2) is 4.08. The molecule has 0 aromatic heterocycles. The molecular formula is C7H10FNO2. The van der Waals surface area contributed by atoms with Gasteiger partial charge in [-0.1, -0.05) is 0 Å². The highest BCUT2D eigenvalue weighted by Crippen LogP contribution is 2.00. The first-order valence-corrected chi connectivity index (χ1v) is 3.47. The number of morpholine rings is 1. The highest BCUT2D eigenvalue weighted by Gasteiger charge is 2.06. The summed E-state index contributed by atoms with van der Waals surface area (Å²) in [4.78, 5) is 11.6. The Morgan fingerprint density at radius 2 is 2.09 bits per heavy atom. The maximum absolute atomic E-state index is 12.3. The lowest BCUT2D eigenvalue weighted by Gasteiger charge is -2.24. The summed E-state index contributed by atoms with van der Waals surface area (Å²) in [6, 6.07) is 0. The predicted molar refractivity (Wildman–Crippen MR) is 37.6 cm³/mol. The minimum Gasteiger partial charge on any atom is -0.378 e. The van der Waals surface area contributed by atoms with Gasteiger partial charge < -0.3 is 9.64 Å². The third-order valence-electron chi connectivity index (χ3n) is 1.46. The summed E-state index contributed by atoms with van der Waals surface area (Å²) < 4.78 is 17.4. The molecule has 0 radical (unpaired) electrons. The Balaban J connectivity index is 2.40. The molecule has 0 atom stereocenters. The Hall–Kier alpha value is -0.900. The topological polar surface area (TPSA) is 29.5 Å². The van der Waals surface area contributed by atoms with Crippen LogP contribution in [0.5, 0.6) is 0 Å². The second-order valence-corrected chi connectivity index (χ2v) is 2.28. The van der Waals surface area contributed by atoms with Gasteiger partial charge in [0.2, 0.25) is 0 Å². The molecule has 0 bridgehead atoms. The van der Waals surface area contributed by atoms with E-state index in [2.05, 4.69) is 0 Å². The number of hydrogen-bond donors (Lipinski definition) is 0. The summed E-state index contributed by atoms with van der Waals surface area (Å²) in [6.45, 7) is 2.51. The van der Waals surface area contributed by atoms with E-state index in [1.165, 1.54) is 6.20 Å². The van der Waals surface area contributed by atoms with Crippen LogP contribution in [-0.2, 0) is 9.53 Å². The Kier molecular flexibility index (Phi) is 3.04. The van der Waals surface area contributed by atoms with Gasteiger partial charge in [0.05, 0.1) is 13.2 Å². The third-order valence-corrected chi connectivity index (χ3v) is 1.46. The lowest BCUT2D eigenvalue weighted by Crippen LogP contribution is -2.32. The second-order valence-electron chi connectivity index (χ2n) is 2.28. The zero-order valence-electron chi connectivity index (χ0n) is 6.12. The fraction of sp³-hybridized carbons (Fsp3) is 0.571. The molecule has 0 unspecified atom stereocenters. The Bertz CT molecular complexity index is 164. The van der Waals surface area contributed by atoms with Crippen molar-refractivity contribution in [1.29, 1.82) is 0 Å². The van der Waals surface area contributed by atoms with Crippen molar-refractivity contribution in [3.63, 3.8) is 0 Å². The van der Waals surface area contributed by atoms with E-state index in [4.69, 9.17) is 4.74 Å². The van der Waals surface area contributed by atoms with E-state index < -0.39 is 5.83 Å². The molecule has 0 aromatic rings. The quantitative estimate of drug-likeness (QED) is 0.429. The molecule has 0 amide bonds. The van der Waals surface area contributed by atoms with Gasteiger partial charge in [-0.05, 0) is 0 Å². The summed E-state index contributed by atoms with van der Waals surface area (Å²) in [5.41, 5.74) is 0. The Morgan fingerprint density at radius 1 is 1.45 bits per heavy atom. The summed E-state index contributed by atoms with van der Waals surface area (Å²) in [5, 5.41) is 0. The fourth-order valence-corrected chi connectivity index (χ4v) is 0.911. The van der Waals surface area contributed by atoms with Crippen molar-refractivity contribution in [3.8, 4) is 0 Å². The Labute approximate surface area is 64.4 Å². The van der Waals surface area contributed by atoms with Gasteiger partial charge in [-0.25, -0.2) is 4.39 Å². The van der Waals surface area contributed by atoms with Gasteiger partial charge in [0.25, 0.3) is 0 Å². The van der Waals surface area contributed by atoms with Crippen LogP contribution >= 0.6 is 0 Å². The molecule has 1 aliphatic rings. The monoisotopic (exact) mass is 159 g/mol. The maximum atomic E-state index is 12.3. The van der Waals surface area contributed by atoms with Crippen molar-refractivity contribution in [2.45, 2.75) is 0 Å². The molecule has 1 rings (SSSR count). The van der Waals surface area contributed by atoms with Gasteiger partial charge in [-0.15, -0.1) is 0 Å². The summed E-state index contributed by atoms with van der Waals surface area (Å²) >= 11 is 0. The van der Waals surface area contributed by atoms with Crippen LogP contribution in [0, 0.1) is 0 Å². The lowest BCUT2D eigenvalue weighted by molar-refractivity contribution is -0.106. The number of carbonyl (C=O) groups is 1. The predicted octanol–water partition coefficient (Wildman–Crippen LogP) is 0.328. The van der Waals surface area contributed by atoms with Crippen LogP contribution in [0.1, 0.15) is 0 Å². The molecule has 62 valence electrons. The molecule has 0 aromatic carbocycles. The molecule has 1 heterocycles. The van der Waals surface area contributed by atoms with Crippen molar-refractivity contribution in [2.24, 2.45) is 0 Å². The number of ether oxygens (including phenoxy) is 1. The summed E-state index contributed by atoms with van der Waals surface area (Å²) in [5.74, 6) is -0.730.